The third kappa shape index (κ3) is 4.26. The van der Waals surface area contributed by atoms with Crippen LogP contribution in [0, 0.1) is 24.4 Å². The van der Waals surface area contributed by atoms with Crippen molar-refractivity contribution in [2.45, 2.75) is 13.0 Å². The summed E-state index contributed by atoms with van der Waals surface area (Å²) < 4.78 is 47.0. The maximum atomic E-state index is 13.9. The molecule has 172 valence electrons. The molecule has 0 bridgehead atoms. The van der Waals surface area contributed by atoms with Gasteiger partial charge in [-0.05, 0) is 36.2 Å². The van der Waals surface area contributed by atoms with Gasteiger partial charge in [0.2, 0.25) is 11.9 Å². The number of aryl methyl sites for hydroxylation is 1. The molecule has 0 radical (unpaired) electrons. The SMILES string of the molecule is C/N=C\COc1ccc(C)c(NC2=NC(=O)N(C)C3=NCC(c4cc(F)c(F)c(F)c4)N23)c1. The molecule has 1 unspecified atom stereocenters. The van der Waals surface area contributed by atoms with Gasteiger partial charge in [-0.2, -0.15) is 4.99 Å². The highest BCUT2D eigenvalue weighted by molar-refractivity contribution is 6.17. The summed E-state index contributed by atoms with van der Waals surface area (Å²) in [7, 11) is 3.14. The van der Waals surface area contributed by atoms with Gasteiger partial charge in [0.05, 0.1) is 12.6 Å². The van der Waals surface area contributed by atoms with Crippen molar-refractivity contribution in [2.75, 3.05) is 32.6 Å². The van der Waals surface area contributed by atoms with E-state index in [9.17, 15) is 18.0 Å². The number of amides is 2. The first-order valence-corrected chi connectivity index (χ1v) is 10.1. The van der Waals surface area contributed by atoms with Gasteiger partial charge in [-0.3, -0.25) is 14.8 Å². The third-order valence-electron chi connectivity index (χ3n) is 5.30. The van der Waals surface area contributed by atoms with Crippen molar-refractivity contribution >= 4 is 29.9 Å². The fourth-order valence-electron chi connectivity index (χ4n) is 3.54. The monoisotopic (exact) mass is 458 g/mol. The second-order valence-corrected chi connectivity index (χ2v) is 7.46. The summed E-state index contributed by atoms with van der Waals surface area (Å²) in [5.41, 5.74) is 1.61. The number of carbonyl (C=O) groups excluding carboxylic acids is 1. The first-order chi connectivity index (χ1) is 15.8. The number of ether oxygens (including phenoxy) is 1. The zero-order chi connectivity index (χ0) is 23.7. The van der Waals surface area contributed by atoms with E-state index in [0.717, 1.165) is 17.7 Å². The Labute approximate surface area is 188 Å². The van der Waals surface area contributed by atoms with E-state index >= 15 is 0 Å². The van der Waals surface area contributed by atoms with Crippen molar-refractivity contribution in [1.29, 1.82) is 0 Å². The van der Waals surface area contributed by atoms with Gasteiger partial charge in [-0.25, -0.2) is 23.0 Å². The van der Waals surface area contributed by atoms with E-state index in [-0.39, 0.29) is 30.6 Å². The molecule has 0 fully saturated rings. The van der Waals surface area contributed by atoms with Gasteiger partial charge < -0.3 is 10.1 Å². The molecule has 2 heterocycles. The molecule has 2 aliphatic heterocycles. The quantitative estimate of drug-likeness (QED) is 0.547. The van der Waals surface area contributed by atoms with Crippen LogP contribution in [0.2, 0.25) is 0 Å². The number of fused-ring (bicyclic) bond motifs is 1. The highest BCUT2D eigenvalue weighted by Crippen LogP contribution is 2.33. The average molecular weight is 458 g/mol. The third-order valence-corrected chi connectivity index (χ3v) is 5.30. The van der Waals surface area contributed by atoms with Crippen molar-refractivity contribution in [3.63, 3.8) is 0 Å². The topological polar surface area (TPSA) is 81.9 Å². The summed E-state index contributed by atoms with van der Waals surface area (Å²) >= 11 is 0. The van der Waals surface area contributed by atoms with Crippen molar-refractivity contribution in [2.24, 2.45) is 15.0 Å². The number of nitrogens with zero attached hydrogens (tertiary/aromatic N) is 5. The molecule has 0 saturated carbocycles. The van der Waals surface area contributed by atoms with Crippen LogP contribution < -0.4 is 10.1 Å². The Hall–Kier alpha value is -3.89. The number of guanidine groups is 2. The molecule has 2 aromatic rings. The number of urea groups is 1. The van der Waals surface area contributed by atoms with Crippen LogP contribution in [0.4, 0.5) is 23.7 Å². The molecule has 1 N–H and O–H groups in total. The zero-order valence-corrected chi connectivity index (χ0v) is 18.1. The molecule has 2 aromatic carbocycles. The minimum absolute atomic E-state index is 0.0939. The van der Waals surface area contributed by atoms with Gasteiger partial charge in [0.25, 0.3) is 0 Å². The van der Waals surface area contributed by atoms with E-state index in [2.05, 4.69) is 20.3 Å². The maximum absolute atomic E-state index is 13.9. The molecule has 2 amide bonds. The lowest BCUT2D eigenvalue weighted by atomic mass is 10.1. The molecule has 4 rings (SSSR count). The zero-order valence-electron chi connectivity index (χ0n) is 18.1. The van der Waals surface area contributed by atoms with Crippen molar-refractivity contribution in [3.05, 3.63) is 58.9 Å². The van der Waals surface area contributed by atoms with Crippen LogP contribution in [0.5, 0.6) is 5.75 Å². The molecule has 33 heavy (non-hydrogen) atoms. The Morgan fingerprint density at radius 3 is 2.67 bits per heavy atom. The van der Waals surface area contributed by atoms with E-state index in [1.807, 2.05) is 13.0 Å². The van der Waals surface area contributed by atoms with Crippen LogP contribution in [-0.4, -0.2) is 61.2 Å². The van der Waals surface area contributed by atoms with E-state index < -0.39 is 29.5 Å². The number of carbonyl (C=O) groups is 1. The van der Waals surface area contributed by atoms with Crippen LogP contribution in [0.25, 0.3) is 0 Å². The number of halogens is 3. The Bertz CT molecular complexity index is 1170. The molecular formula is C22H21F3N6O2. The highest BCUT2D eigenvalue weighted by Gasteiger charge is 2.41. The summed E-state index contributed by atoms with van der Waals surface area (Å²) in [6.45, 7) is 2.24. The van der Waals surface area contributed by atoms with Gasteiger partial charge in [-0.1, -0.05) is 6.07 Å². The van der Waals surface area contributed by atoms with Crippen LogP contribution in [0.1, 0.15) is 17.2 Å². The number of aliphatic imine (C=N–C) groups is 3. The Balaban J connectivity index is 1.69. The van der Waals surface area contributed by atoms with Crippen molar-refractivity contribution < 1.29 is 22.7 Å². The molecule has 8 nitrogen and oxygen atoms in total. The van der Waals surface area contributed by atoms with Crippen LogP contribution in [-0.2, 0) is 0 Å². The summed E-state index contributed by atoms with van der Waals surface area (Å²) in [5, 5.41) is 3.12. The van der Waals surface area contributed by atoms with E-state index in [4.69, 9.17) is 4.74 Å². The summed E-state index contributed by atoms with van der Waals surface area (Å²) in [6.07, 6.45) is 1.62. The maximum Gasteiger partial charge on any atom is 0.353 e. The summed E-state index contributed by atoms with van der Waals surface area (Å²) in [5.74, 6) is -3.20. The molecule has 0 spiro atoms. The van der Waals surface area contributed by atoms with Crippen LogP contribution in [0.3, 0.4) is 0 Å². The number of hydrogen-bond donors (Lipinski definition) is 1. The second-order valence-electron chi connectivity index (χ2n) is 7.46. The minimum Gasteiger partial charge on any atom is -0.488 e. The van der Waals surface area contributed by atoms with E-state index in [1.165, 1.54) is 11.9 Å². The first-order valence-electron chi connectivity index (χ1n) is 10.1. The molecule has 11 heteroatoms. The number of benzene rings is 2. The highest BCUT2D eigenvalue weighted by atomic mass is 19.2. The largest absolute Gasteiger partial charge is 0.488 e. The Morgan fingerprint density at radius 1 is 1.24 bits per heavy atom. The predicted molar refractivity (Wildman–Crippen MR) is 119 cm³/mol. The van der Waals surface area contributed by atoms with Gasteiger partial charge in [0, 0.05) is 32.1 Å². The average Bonchev–Trinajstić information content (AvgIpc) is 3.23. The number of anilines is 1. The van der Waals surface area contributed by atoms with Gasteiger partial charge in [0.1, 0.15) is 12.4 Å². The lowest BCUT2D eigenvalue weighted by Gasteiger charge is -2.35. The van der Waals surface area contributed by atoms with Gasteiger partial charge in [0.15, 0.2) is 17.5 Å². The van der Waals surface area contributed by atoms with E-state index in [0.29, 0.717) is 11.4 Å². The van der Waals surface area contributed by atoms with Gasteiger partial charge in [-0.15, -0.1) is 0 Å². The molecular weight excluding hydrogens is 437 g/mol. The molecule has 0 saturated heterocycles. The smallest absolute Gasteiger partial charge is 0.353 e. The number of nitrogens with one attached hydrogen (secondary N) is 1. The Kier molecular flexibility index (Phi) is 6.03. The van der Waals surface area contributed by atoms with Crippen LogP contribution >= 0.6 is 0 Å². The second kappa shape index (κ2) is 8.93. The Morgan fingerprint density at radius 2 is 1.97 bits per heavy atom. The first kappa shape index (κ1) is 22.3. The predicted octanol–water partition coefficient (Wildman–Crippen LogP) is 3.74. The molecule has 2 aliphatic rings. The minimum atomic E-state index is -1.54. The summed E-state index contributed by atoms with van der Waals surface area (Å²) in [6, 6.07) is 5.94. The molecule has 0 aliphatic carbocycles. The van der Waals surface area contributed by atoms with Crippen molar-refractivity contribution in [3.8, 4) is 5.75 Å². The standard InChI is InChI=1S/C22H21F3N6O2/c1-12-4-5-14(33-7-6-26-2)10-17(12)28-20-29-22(32)30(3)21-27-11-18(31(20)21)13-8-15(23)19(25)16(24)9-13/h4-6,8-10,18H,7,11H2,1-3H3,(H,28,29,32)/b26-6-. The van der Waals surface area contributed by atoms with Gasteiger partial charge >= 0.3 is 6.03 Å². The fourth-order valence-corrected chi connectivity index (χ4v) is 3.54. The number of hydrogen-bond acceptors (Lipinski definition) is 6. The normalized spacial score (nSPS) is 17.9. The molecule has 1 atom stereocenters. The lowest BCUT2D eigenvalue weighted by Crippen LogP contribution is -2.53. The number of rotatable bonds is 5. The van der Waals surface area contributed by atoms with E-state index in [1.54, 1.807) is 30.3 Å². The fraction of sp³-hybridized carbons (Fsp3) is 0.273. The van der Waals surface area contributed by atoms with Crippen LogP contribution in [0.15, 0.2) is 45.3 Å². The van der Waals surface area contributed by atoms with Crippen molar-refractivity contribution in [1.82, 2.24) is 9.80 Å². The molecule has 0 aromatic heterocycles. The summed E-state index contributed by atoms with van der Waals surface area (Å²) in [4.78, 5) is 27.6. The lowest BCUT2D eigenvalue weighted by molar-refractivity contribution is 0.230.